The minimum absolute atomic E-state index is 0.0279. The molecule has 2 aromatic rings. The molecule has 136 valence electrons. The maximum atomic E-state index is 13.1. The molecule has 0 aliphatic carbocycles. The maximum absolute atomic E-state index is 13.1. The average molecular weight is 365 g/mol. The third-order valence-corrected chi connectivity index (χ3v) is 7.22. The van der Waals surface area contributed by atoms with Crippen LogP contribution in [0.25, 0.3) is 11.5 Å². The number of aryl methyl sites for hydroxylation is 1. The number of hydrogen-bond donors (Lipinski definition) is 0. The highest BCUT2D eigenvalue weighted by atomic mass is 32.2. The molecule has 5 rings (SSSR count). The van der Waals surface area contributed by atoms with Crippen LogP contribution < -0.4 is 0 Å². The third kappa shape index (κ3) is 2.82. The molecule has 3 fully saturated rings. The van der Waals surface area contributed by atoms with Crippen LogP contribution in [0, 0.1) is 19.8 Å². The highest BCUT2D eigenvalue weighted by Crippen LogP contribution is 2.33. The summed E-state index contributed by atoms with van der Waals surface area (Å²) in [4.78, 5) is 2.28. The van der Waals surface area contributed by atoms with Crippen LogP contribution in [0.3, 0.4) is 0 Å². The van der Waals surface area contributed by atoms with Crippen LogP contribution >= 0.6 is 0 Å². The van der Waals surface area contributed by atoms with Gasteiger partial charge in [-0.15, -0.1) is 0 Å². The van der Waals surface area contributed by atoms with Gasteiger partial charge in [0.1, 0.15) is 0 Å². The van der Waals surface area contributed by atoms with Gasteiger partial charge in [-0.05, 0) is 51.8 Å². The van der Waals surface area contributed by atoms with Crippen molar-refractivity contribution in [1.82, 2.24) is 14.4 Å². The number of nitrogens with zero attached hydrogens (tertiary/aromatic N) is 3. The first-order chi connectivity index (χ1) is 11.9. The second-order valence-corrected chi connectivity index (χ2v) is 9.07. The highest BCUT2D eigenvalue weighted by molar-refractivity contribution is 7.89. The van der Waals surface area contributed by atoms with E-state index in [1.165, 1.54) is 6.07 Å². The summed E-state index contributed by atoms with van der Waals surface area (Å²) in [5, 5.41) is 3.87. The van der Waals surface area contributed by atoms with Gasteiger partial charge >= 0.3 is 0 Å². The fourth-order valence-electron chi connectivity index (χ4n) is 3.82. The van der Waals surface area contributed by atoms with Gasteiger partial charge < -0.3 is 13.8 Å². The molecular weight excluding hydrogens is 342 g/mol. The maximum Gasteiger partial charge on any atom is 0.276 e. The van der Waals surface area contributed by atoms with E-state index >= 15 is 0 Å². The van der Waals surface area contributed by atoms with Crippen molar-refractivity contribution >= 4 is 10.0 Å². The molecule has 0 unspecified atom stereocenters. The lowest BCUT2D eigenvalue weighted by Crippen LogP contribution is -2.41. The molecule has 3 saturated heterocycles. The molecular formula is C17H23N3O4S. The van der Waals surface area contributed by atoms with Crippen molar-refractivity contribution < 1.29 is 17.4 Å². The van der Waals surface area contributed by atoms with Gasteiger partial charge in [-0.2, -0.15) is 4.31 Å². The molecule has 0 saturated carbocycles. The highest BCUT2D eigenvalue weighted by Gasteiger charge is 2.39. The zero-order valence-corrected chi connectivity index (χ0v) is 15.5. The lowest BCUT2D eigenvalue weighted by Gasteiger charge is -2.32. The first-order valence-electron chi connectivity index (χ1n) is 8.59. The zero-order valence-electron chi connectivity index (χ0n) is 14.7. The number of likely N-dealkylation sites (N-methyl/N-ethyl adjacent to an activating group) is 1. The van der Waals surface area contributed by atoms with Gasteiger partial charge in [0, 0.05) is 31.2 Å². The Kier molecular flexibility index (Phi) is 4.01. The standard InChI is InChI=1S/C17H23N3O4S/c1-11-12(2)18-24-17(11)15-6-7-16(23-15)25(21,22)20-9-13-4-5-14(10-20)19(3)8-13/h6-7,13-14H,4-5,8-10H2,1-3H3/t13-,14-/m1/s1. The van der Waals surface area contributed by atoms with Crippen molar-refractivity contribution in [2.24, 2.45) is 5.92 Å². The summed E-state index contributed by atoms with van der Waals surface area (Å²) in [7, 11) is -1.57. The van der Waals surface area contributed by atoms with Gasteiger partial charge in [-0.1, -0.05) is 5.16 Å². The van der Waals surface area contributed by atoms with E-state index in [-0.39, 0.29) is 11.1 Å². The molecule has 7 nitrogen and oxygen atoms in total. The number of fused-ring (bicyclic) bond motifs is 4. The number of hydrogen-bond acceptors (Lipinski definition) is 6. The molecule has 25 heavy (non-hydrogen) atoms. The van der Waals surface area contributed by atoms with Crippen LogP contribution in [0.1, 0.15) is 24.1 Å². The van der Waals surface area contributed by atoms with Crippen LogP contribution in [0.15, 0.2) is 26.2 Å². The normalized spacial score (nSPS) is 25.4. The van der Waals surface area contributed by atoms with Crippen LogP contribution in [-0.4, -0.2) is 55.5 Å². The molecule has 5 heterocycles. The molecule has 0 aromatic carbocycles. The van der Waals surface area contributed by atoms with E-state index in [0.29, 0.717) is 30.5 Å². The second kappa shape index (κ2) is 5.96. The molecule has 0 N–H and O–H groups in total. The van der Waals surface area contributed by atoms with Crippen molar-refractivity contribution in [3.05, 3.63) is 23.4 Å². The molecule has 8 heteroatoms. The van der Waals surface area contributed by atoms with E-state index in [2.05, 4.69) is 17.1 Å². The Bertz CT molecular complexity index is 886. The Morgan fingerprint density at radius 3 is 2.64 bits per heavy atom. The quantitative estimate of drug-likeness (QED) is 0.830. The number of rotatable bonds is 3. The van der Waals surface area contributed by atoms with E-state index in [1.807, 2.05) is 13.8 Å². The summed E-state index contributed by atoms with van der Waals surface area (Å²) in [5.74, 6) is 1.26. The smallest absolute Gasteiger partial charge is 0.276 e. The molecule has 0 amide bonds. The summed E-state index contributed by atoms with van der Waals surface area (Å²) in [6.45, 7) is 5.74. The van der Waals surface area contributed by atoms with Crippen LogP contribution in [0.5, 0.6) is 0 Å². The Hall–Kier alpha value is -1.64. The Morgan fingerprint density at radius 1 is 1.16 bits per heavy atom. The number of furan rings is 1. The largest absolute Gasteiger partial charge is 0.440 e. The van der Waals surface area contributed by atoms with E-state index in [1.54, 1.807) is 10.4 Å². The number of aromatic nitrogens is 1. The first-order valence-corrected chi connectivity index (χ1v) is 10.0. The van der Waals surface area contributed by atoms with Crippen molar-refractivity contribution in [1.29, 1.82) is 0 Å². The van der Waals surface area contributed by atoms with Gasteiger partial charge in [-0.3, -0.25) is 0 Å². The van der Waals surface area contributed by atoms with E-state index in [9.17, 15) is 8.42 Å². The van der Waals surface area contributed by atoms with Gasteiger partial charge in [0.15, 0.2) is 5.76 Å². The monoisotopic (exact) mass is 365 g/mol. The van der Waals surface area contributed by atoms with E-state index in [4.69, 9.17) is 8.94 Å². The van der Waals surface area contributed by atoms with Crippen LogP contribution in [-0.2, 0) is 10.0 Å². The first kappa shape index (κ1) is 16.8. The minimum Gasteiger partial charge on any atom is -0.440 e. The fraction of sp³-hybridized carbons (Fsp3) is 0.588. The number of piperidine rings is 1. The van der Waals surface area contributed by atoms with E-state index in [0.717, 1.165) is 30.6 Å². The van der Waals surface area contributed by atoms with Gasteiger partial charge in [0.05, 0.1) is 5.69 Å². The second-order valence-electron chi connectivity index (χ2n) is 7.20. The van der Waals surface area contributed by atoms with Crippen molar-refractivity contribution in [2.45, 2.75) is 37.8 Å². The molecule has 3 aliphatic rings. The number of sulfonamides is 1. The minimum atomic E-state index is -3.65. The topological polar surface area (TPSA) is 79.8 Å². The van der Waals surface area contributed by atoms with Gasteiger partial charge in [-0.25, -0.2) is 8.42 Å². The summed E-state index contributed by atoms with van der Waals surface area (Å²) >= 11 is 0. The molecule has 3 aliphatic heterocycles. The summed E-state index contributed by atoms with van der Waals surface area (Å²) < 4.78 is 38.7. The summed E-state index contributed by atoms with van der Waals surface area (Å²) in [5.41, 5.74) is 1.62. The van der Waals surface area contributed by atoms with Crippen molar-refractivity contribution in [3.8, 4) is 11.5 Å². The molecule has 2 bridgehead atoms. The zero-order chi connectivity index (χ0) is 17.8. The lowest BCUT2D eigenvalue weighted by molar-refractivity contribution is 0.167. The summed E-state index contributed by atoms with van der Waals surface area (Å²) in [6.07, 6.45) is 2.13. The molecule has 2 aromatic heterocycles. The van der Waals surface area contributed by atoms with Crippen molar-refractivity contribution in [2.75, 3.05) is 26.7 Å². The third-order valence-electron chi connectivity index (χ3n) is 5.51. The van der Waals surface area contributed by atoms with Crippen molar-refractivity contribution in [3.63, 3.8) is 0 Å². The lowest BCUT2D eigenvalue weighted by atomic mass is 9.96. The Morgan fingerprint density at radius 2 is 1.96 bits per heavy atom. The van der Waals surface area contributed by atoms with Crippen LogP contribution in [0.4, 0.5) is 0 Å². The van der Waals surface area contributed by atoms with E-state index < -0.39 is 10.0 Å². The molecule has 0 spiro atoms. The molecule has 2 atom stereocenters. The average Bonchev–Trinajstić information content (AvgIpc) is 3.06. The predicted octanol–water partition coefficient (Wildman–Crippen LogP) is 2.27. The molecule has 0 radical (unpaired) electrons. The Balaban J connectivity index is 1.64. The summed E-state index contributed by atoms with van der Waals surface area (Å²) in [6, 6.07) is 3.43. The van der Waals surface area contributed by atoms with Crippen LogP contribution in [0.2, 0.25) is 0 Å². The predicted molar refractivity (Wildman–Crippen MR) is 91.6 cm³/mol. The SMILES string of the molecule is Cc1noc(-c2ccc(S(=O)(=O)N3C[C@@H]4CC[C@H](C3)N(C)C4)o2)c1C. The van der Waals surface area contributed by atoms with Gasteiger partial charge in [0.25, 0.3) is 10.0 Å². The fourth-order valence-corrected chi connectivity index (χ4v) is 5.29. The Labute approximate surface area is 147 Å². The van der Waals surface area contributed by atoms with Gasteiger partial charge in [0.2, 0.25) is 10.9 Å².